The van der Waals surface area contributed by atoms with Gasteiger partial charge in [-0.15, -0.1) is 0 Å². The normalized spacial score (nSPS) is 12.3. The van der Waals surface area contributed by atoms with E-state index < -0.39 is 10.8 Å². The number of carbonyl (C=O) groups is 1. The highest BCUT2D eigenvalue weighted by Gasteiger charge is 2.00. The van der Waals surface area contributed by atoms with E-state index in [0.29, 0.717) is 16.1 Å². The number of halogens is 1. The first kappa shape index (κ1) is 15.1. The molecule has 2 aromatic carbocycles. The zero-order valence-electron chi connectivity index (χ0n) is 11.4. The van der Waals surface area contributed by atoms with Crippen LogP contribution in [0.4, 0.5) is 10.1 Å². The van der Waals surface area contributed by atoms with Crippen molar-refractivity contribution in [2.75, 3.05) is 11.6 Å². The second-order valence-electron chi connectivity index (χ2n) is 4.36. The quantitative estimate of drug-likeness (QED) is 0.882. The summed E-state index contributed by atoms with van der Waals surface area (Å²) in [4.78, 5) is 12.4. The van der Waals surface area contributed by atoms with Crippen molar-refractivity contribution in [3.8, 4) is 0 Å². The Morgan fingerprint density at radius 3 is 2.52 bits per heavy atom. The summed E-state index contributed by atoms with van der Waals surface area (Å²) >= 11 is 0. The minimum Gasteiger partial charge on any atom is -0.323 e. The summed E-state index contributed by atoms with van der Waals surface area (Å²) in [7, 11) is -1.04. The maximum Gasteiger partial charge on any atom is 0.248 e. The van der Waals surface area contributed by atoms with Crippen molar-refractivity contribution in [1.82, 2.24) is 0 Å². The number of hydrogen-bond acceptors (Lipinski definition) is 2. The van der Waals surface area contributed by atoms with Gasteiger partial charge in [0.1, 0.15) is 5.82 Å². The van der Waals surface area contributed by atoms with Gasteiger partial charge in [0.2, 0.25) is 5.91 Å². The van der Waals surface area contributed by atoms with E-state index >= 15 is 0 Å². The Morgan fingerprint density at radius 1 is 1.19 bits per heavy atom. The Hall–Kier alpha value is -2.27. The average molecular weight is 303 g/mol. The van der Waals surface area contributed by atoms with Crippen LogP contribution >= 0.6 is 0 Å². The molecule has 0 aromatic heterocycles. The van der Waals surface area contributed by atoms with Crippen LogP contribution in [0.2, 0.25) is 0 Å². The third-order valence-electron chi connectivity index (χ3n) is 2.73. The number of benzene rings is 2. The van der Waals surface area contributed by atoms with Crippen LogP contribution in [0.15, 0.2) is 59.5 Å². The average Bonchev–Trinajstić information content (AvgIpc) is 2.46. The van der Waals surface area contributed by atoms with E-state index in [-0.39, 0.29) is 11.7 Å². The third kappa shape index (κ3) is 4.65. The molecule has 2 rings (SSSR count). The molecule has 0 saturated heterocycles. The Morgan fingerprint density at radius 2 is 1.90 bits per heavy atom. The molecule has 0 unspecified atom stereocenters. The molecule has 0 heterocycles. The number of carbonyl (C=O) groups excluding carboxylic acids is 1. The summed E-state index contributed by atoms with van der Waals surface area (Å²) < 4.78 is 24.2. The molecule has 0 saturated carbocycles. The molecule has 0 radical (unpaired) electrons. The Kier molecular flexibility index (Phi) is 5.00. The van der Waals surface area contributed by atoms with E-state index in [1.165, 1.54) is 24.3 Å². The summed E-state index contributed by atoms with van der Waals surface area (Å²) in [5.74, 6) is -0.662. The zero-order valence-corrected chi connectivity index (χ0v) is 12.2. The molecule has 0 aliphatic heterocycles. The number of rotatable bonds is 4. The highest BCUT2D eigenvalue weighted by molar-refractivity contribution is 7.84. The fraction of sp³-hybridized carbons (Fsp3) is 0.0625. The standard InChI is InChI=1S/C16H14FNO2S/c1-21(20)15-8-6-14(7-9-15)18-16(19)10-5-12-3-2-4-13(17)11-12/h2-11H,1H3,(H,18,19)/b10-5+/t21-/m0/s1. The molecular weight excluding hydrogens is 289 g/mol. The molecule has 0 aliphatic rings. The van der Waals surface area contributed by atoms with Crippen LogP contribution < -0.4 is 5.32 Å². The maximum atomic E-state index is 13.0. The Labute approximate surface area is 125 Å². The minimum absolute atomic E-state index is 0.315. The Bertz CT molecular complexity index is 696. The third-order valence-corrected chi connectivity index (χ3v) is 3.67. The van der Waals surface area contributed by atoms with Gasteiger partial charge in [0.15, 0.2) is 0 Å². The van der Waals surface area contributed by atoms with Gasteiger partial charge in [-0.3, -0.25) is 9.00 Å². The van der Waals surface area contributed by atoms with Crippen molar-refractivity contribution in [2.24, 2.45) is 0 Å². The van der Waals surface area contributed by atoms with Crippen molar-refractivity contribution in [1.29, 1.82) is 0 Å². The van der Waals surface area contributed by atoms with Gasteiger partial charge in [0.05, 0.1) is 0 Å². The van der Waals surface area contributed by atoms with Crippen LogP contribution in [0.3, 0.4) is 0 Å². The molecule has 0 fully saturated rings. The lowest BCUT2D eigenvalue weighted by atomic mass is 10.2. The van der Waals surface area contributed by atoms with Gasteiger partial charge in [-0.1, -0.05) is 12.1 Å². The van der Waals surface area contributed by atoms with Crippen LogP contribution in [0.5, 0.6) is 0 Å². The molecule has 2 aromatic rings. The van der Waals surface area contributed by atoms with Crippen LogP contribution in [0.25, 0.3) is 6.08 Å². The highest BCUT2D eigenvalue weighted by Crippen LogP contribution is 2.12. The SMILES string of the molecule is C[S@](=O)c1ccc(NC(=O)/C=C/c2cccc(F)c2)cc1. The van der Waals surface area contributed by atoms with Gasteiger partial charge in [0, 0.05) is 33.7 Å². The number of anilines is 1. The Balaban J connectivity index is 1.99. The highest BCUT2D eigenvalue weighted by atomic mass is 32.2. The summed E-state index contributed by atoms with van der Waals surface area (Å²) in [5, 5.41) is 2.67. The topological polar surface area (TPSA) is 46.2 Å². The molecular formula is C16H14FNO2S. The summed E-state index contributed by atoms with van der Waals surface area (Å²) in [5.41, 5.74) is 1.22. The minimum atomic E-state index is -1.04. The monoisotopic (exact) mass is 303 g/mol. The van der Waals surface area contributed by atoms with Crippen molar-refractivity contribution in [2.45, 2.75) is 4.90 Å². The molecule has 1 atom stereocenters. The van der Waals surface area contributed by atoms with Gasteiger partial charge >= 0.3 is 0 Å². The maximum absolute atomic E-state index is 13.0. The van der Waals surface area contributed by atoms with Gasteiger partial charge in [0.25, 0.3) is 0 Å². The number of hydrogen-bond donors (Lipinski definition) is 1. The summed E-state index contributed by atoms with van der Waals surface area (Å²) in [6, 6.07) is 12.7. The lowest BCUT2D eigenvalue weighted by Crippen LogP contribution is -2.07. The van der Waals surface area contributed by atoms with Gasteiger partial charge in [-0.2, -0.15) is 0 Å². The lowest BCUT2D eigenvalue weighted by Gasteiger charge is -2.03. The number of nitrogens with one attached hydrogen (secondary N) is 1. The van der Waals surface area contributed by atoms with Gasteiger partial charge in [-0.25, -0.2) is 4.39 Å². The first-order valence-corrected chi connectivity index (χ1v) is 7.78. The largest absolute Gasteiger partial charge is 0.323 e. The molecule has 0 bridgehead atoms. The van der Waals surface area contributed by atoms with Crippen LogP contribution in [-0.4, -0.2) is 16.4 Å². The van der Waals surface area contributed by atoms with E-state index in [1.54, 1.807) is 42.7 Å². The van der Waals surface area contributed by atoms with E-state index in [9.17, 15) is 13.4 Å². The van der Waals surface area contributed by atoms with Gasteiger partial charge < -0.3 is 5.32 Å². The van der Waals surface area contributed by atoms with Crippen LogP contribution in [-0.2, 0) is 15.6 Å². The van der Waals surface area contributed by atoms with E-state index in [0.717, 1.165) is 0 Å². The first-order valence-electron chi connectivity index (χ1n) is 6.23. The fourth-order valence-corrected chi connectivity index (χ4v) is 2.22. The van der Waals surface area contributed by atoms with Crippen molar-refractivity contribution < 1.29 is 13.4 Å². The zero-order chi connectivity index (χ0) is 15.2. The lowest BCUT2D eigenvalue weighted by molar-refractivity contribution is -0.111. The second kappa shape index (κ2) is 6.95. The van der Waals surface area contributed by atoms with Crippen molar-refractivity contribution in [3.05, 3.63) is 66.0 Å². The van der Waals surface area contributed by atoms with Gasteiger partial charge in [-0.05, 0) is 48.0 Å². The predicted molar refractivity (Wildman–Crippen MR) is 82.8 cm³/mol. The molecule has 1 amide bonds. The summed E-state index contributed by atoms with van der Waals surface area (Å²) in [6.45, 7) is 0. The smallest absolute Gasteiger partial charge is 0.248 e. The molecule has 0 spiro atoms. The fourth-order valence-electron chi connectivity index (χ4n) is 1.70. The molecule has 5 heteroatoms. The molecule has 1 N–H and O–H groups in total. The summed E-state index contributed by atoms with van der Waals surface area (Å²) in [6.07, 6.45) is 4.46. The molecule has 0 aliphatic carbocycles. The van der Waals surface area contributed by atoms with Crippen molar-refractivity contribution in [3.63, 3.8) is 0 Å². The second-order valence-corrected chi connectivity index (χ2v) is 5.74. The molecule has 21 heavy (non-hydrogen) atoms. The van der Waals surface area contributed by atoms with E-state index in [4.69, 9.17) is 0 Å². The predicted octanol–water partition coefficient (Wildman–Crippen LogP) is 3.22. The van der Waals surface area contributed by atoms with E-state index in [1.807, 2.05) is 0 Å². The van der Waals surface area contributed by atoms with Crippen molar-refractivity contribution >= 4 is 28.5 Å². The van der Waals surface area contributed by atoms with Crippen LogP contribution in [0.1, 0.15) is 5.56 Å². The van der Waals surface area contributed by atoms with E-state index in [2.05, 4.69) is 5.32 Å². The molecule has 3 nitrogen and oxygen atoms in total. The van der Waals surface area contributed by atoms with Crippen LogP contribution in [0, 0.1) is 5.82 Å². The number of amides is 1. The molecule has 108 valence electrons. The first-order chi connectivity index (χ1) is 10.0.